The zero-order valence-electron chi connectivity index (χ0n) is 15.0. The molecule has 0 aliphatic rings. The number of phenols is 1. The summed E-state index contributed by atoms with van der Waals surface area (Å²) < 4.78 is 0. The lowest BCUT2D eigenvalue weighted by Crippen LogP contribution is -2.17. The number of anilines is 2. The van der Waals surface area contributed by atoms with Gasteiger partial charge in [0, 0.05) is 28.1 Å². The normalized spacial score (nSPS) is 12.4. The van der Waals surface area contributed by atoms with Crippen LogP contribution < -0.4 is 11.5 Å². The highest BCUT2D eigenvalue weighted by atomic mass is 16.3. The molecule has 0 radical (unpaired) electrons. The van der Waals surface area contributed by atoms with Crippen molar-refractivity contribution >= 4 is 11.4 Å². The molecule has 0 saturated heterocycles. The molecule has 0 aliphatic heterocycles. The van der Waals surface area contributed by atoms with Gasteiger partial charge in [0.25, 0.3) is 0 Å². The first-order chi connectivity index (χ1) is 10.4. The number of phenolic OH excluding ortho intramolecular Hbond substituents is 1. The van der Waals surface area contributed by atoms with E-state index >= 15 is 0 Å². The molecule has 2 aromatic carbocycles. The summed E-state index contributed by atoms with van der Waals surface area (Å²) in [6.45, 7) is 12.6. The highest BCUT2D eigenvalue weighted by molar-refractivity contribution is 5.80. The Morgan fingerprint density at radius 3 is 1.65 bits per heavy atom. The molecule has 2 aromatic rings. The van der Waals surface area contributed by atoms with Crippen LogP contribution in [-0.2, 0) is 10.8 Å². The summed E-state index contributed by atoms with van der Waals surface area (Å²) >= 11 is 0. The van der Waals surface area contributed by atoms with Crippen LogP contribution in [0.5, 0.6) is 5.75 Å². The highest BCUT2D eigenvalue weighted by Crippen LogP contribution is 2.42. The summed E-state index contributed by atoms with van der Waals surface area (Å²) in [5, 5.41) is 10.8. The van der Waals surface area contributed by atoms with Crippen molar-refractivity contribution in [1.29, 1.82) is 0 Å². The molecule has 23 heavy (non-hydrogen) atoms. The lowest BCUT2D eigenvalue weighted by atomic mass is 9.77. The van der Waals surface area contributed by atoms with Crippen molar-refractivity contribution in [2.45, 2.75) is 52.4 Å². The van der Waals surface area contributed by atoms with E-state index < -0.39 is 0 Å². The lowest BCUT2D eigenvalue weighted by Gasteiger charge is -2.28. The summed E-state index contributed by atoms with van der Waals surface area (Å²) in [6.07, 6.45) is 0. The molecule has 3 nitrogen and oxygen atoms in total. The van der Waals surface area contributed by atoms with Crippen LogP contribution in [0.3, 0.4) is 0 Å². The van der Waals surface area contributed by atoms with E-state index in [2.05, 4.69) is 41.5 Å². The van der Waals surface area contributed by atoms with Crippen LogP contribution >= 0.6 is 0 Å². The smallest absolute Gasteiger partial charge is 0.123 e. The van der Waals surface area contributed by atoms with Crippen LogP contribution in [0, 0.1) is 0 Å². The van der Waals surface area contributed by atoms with Gasteiger partial charge in [-0.3, -0.25) is 0 Å². The molecule has 0 aliphatic carbocycles. The summed E-state index contributed by atoms with van der Waals surface area (Å²) in [5.41, 5.74) is 16.7. The maximum absolute atomic E-state index is 10.8. The van der Waals surface area contributed by atoms with Gasteiger partial charge >= 0.3 is 0 Å². The van der Waals surface area contributed by atoms with Gasteiger partial charge in [-0.2, -0.15) is 0 Å². The monoisotopic (exact) mass is 312 g/mol. The largest absolute Gasteiger partial charge is 0.507 e. The molecule has 0 bridgehead atoms. The Morgan fingerprint density at radius 1 is 0.783 bits per heavy atom. The molecular formula is C20H28N2O. The Kier molecular flexibility index (Phi) is 4.10. The maximum atomic E-state index is 10.8. The number of hydrogen-bond acceptors (Lipinski definition) is 3. The topological polar surface area (TPSA) is 72.3 Å². The highest BCUT2D eigenvalue weighted by Gasteiger charge is 2.27. The minimum Gasteiger partial charge on any atom is -0.507 e. The third kappa shape index (κ3) is 3.44. The van der Waals surface area contributed by atoms with Crippen molar-refractivity contribution in [2.75, 3.05) is 11.5 Å². The third-order valence-corrected chi connectivity index (χ3v) is 4.11. The molecule has 0 amide bonds. The second kappa shape index (κ2) is 5.48. The van der Waals surface area contributed by atoms with E-state index in [4.69, 9.17) is 11.5 Å². The number of benzene rings is 2. The second-order valence-electron chi connectivity index (χ2n) is 8.27. The van der Waals surface area contributed by atoms with Gasteiger partial charge in [-0.25, -0.2) is 0 Å². The predicted molar refractivity (Wildman–Crippen MR) is 99.8 cm³/mol. The molecule has 0 aromatic heterocycles. The van der Waals surface area contributed by atoms with Gasteiger partial charge in [-0.15, -0.1) is 0 Å². The molecule has 2 rings (SSSR count). The molecular weight excluding hydrogens is 284 g/mol. The van der Waals surface area contributed by atoms with Crippen molar-refractivity contribution in [2.24, 2.45) is 0 Å². The van der Waals surface area contributed by atoms with Gasteiger partial charge in [-0.05, 0) is 40.7 Å². The molecule has 0 fully saturated rings. The van der Waals surface area contributed by atoms with E-state index in [0.717, 1.165) is 22.3 Å². The fraction of sp³-hybridized carbons (Fsp3) is 0.400. The van der Waals surface area contributed by atoms with E-state index in [1.54, 1.807) is 6.07 Å². The minimum atomic E-state index is -0.164. The lowest BCUT2D eigenvalue weighted by molar-refractivity contribution is 0.423. The predicted octanol–water partition coefficient (Wildman–Crippen LogP) is 4.82. The fourth-order valence-corrected chi connectivity index (χ4v) is 2.78. The van der Waals surface area contributed by atoms with Gasteiger partial charge in [0.2, 0.25) is 0 Å². The van der Waals surface area contributed by atoms with E-state index in [9.17, 15) is 5.11 Å². The summed E-state index contributed by atoms with van der Waals surface area (Å²) in [6, 6.07) is 9.64. The minimum absolute atomic E-state index is 0.164. The van der Waals surface area contributed by atoms with Crippen LogP contribution in [0.25, 0.3) is 11.1 Å². The van der Waals surface area contributed by atoms with Crippen molar-refractivity contribution in [3.05, 3.63) is 41.5 Å². The molecule has 0 atom stereocenters. The first-order valence-corrected chi connectivity index (χ1v) is 7.94. The van der Waals surface area contributed by atoms with Crippen LogP contribution in [0.4, 0.5) is 11.4 Å². The molecule has 5 N–H and O–H groups in total. The van der Waals surface area contributed by atoms with E-state index in [0.29, 0.717) is 17.1 Å². The van der Waals surface area contributed by atoms with Crippen molar-refractivity contribution in [3.63, 3.8) is 0 Å². The summed E-state index contributed by atoms with van der Waals surface area (Å²) in [7, 11) is 0. The second-order valence-corrected chi connectivity index (χ2v) is 8.27. The number of nitrogens with two attached hydrogens (primary N) is 2. The van der Waals surface area contributed by atoms with Gasteiger partial charge in [0.15, 0.2) is 0 Å². The molecule has 124 valence electrons. The third-order valence-electron chi connectivity index (χ3n) is 4.11. The average molecular weight is 312 g/mol. The van der Waals surface area contributed by atoms with Crippen molar-refractivity contribution < 1.29 is 5.11 Å². The zero-order valence-corrected chi connectivity index (χ0v) is 15.0. The summed E-state index contributed by atoms with van der Waals surface area (Å²) in [4.78, 5) is 0. The van der Waals surface area contributed by atoms with Gasteiger partial charge in [0.1, 0.15) is 5.75 Å². The van der Waals surface area contributed by atoms with Crippen molar-refractivity contribution in [1.82, 2.24) is 0 Å². The van der Waals surface area contributed by atoms with Crippen LogP contribution in [0.1, 0.15) is 52.7 Å². The molecule has 0 heterocycles. The standard InChI is InChI=1S/C20H28N2O/c1-19(2,3)15-9-12(10-16(18(15)23)20(4,5)6)14-8-7-13(21)11-17(14)22/h7-11,23H,21-22H2,1-6H3. The van der Waals surface area contributed by atoms with Crippen LogP contribution in [-0.4, -0.2) is 5.11 Å². The zero-order chi connectivity index (χ0) is 17.6. The molecule has 0 unspecified atom stereocenters. The van der Waals surface area contributed by atoms with Gasteiger partial charge < -0.3 is 16.6 Å². The quantitative estimate of drug-likeness (QED) is 0.661. The van der Waals surface area contributed by atoms with E-state index in [1.807, 2.05) is 24.3 Å². The number of nitrogen functional groups attached to an aromatic ring is 2. The van der Waals surface area contributed by atoms with E-state index in [1.165, 1.54) is 0 Å². The number of hydrogen-bond donors (Lipinski definition) is 3. The Hall–Kier alpha value is -2.16. The van der Waals surface area contributed by atoms with E-state index in [-0.39, 0.29) is 10.8 Å². The number of rotatable bonds is 1. The maximum Gasteiger partial charge on any atom is 0.123 e. The molecule has 3 heteroatoms. The Labute approximate surface area is 139 Å². The Bertz CT molecular complexity index is 699. The first-order valence-electron chi connectivity index (χ1n) is 7.94. The van der Waals surface area contributed by atoms with Crippen molar-refractivity contribution in [3.8, 4) is 16.9 Å². The SMILES string of the molecule is CC(C)(C)c1cc(-c2ccc(N)cc2N)cc(C(C)(C)C)c1O. The molecule has 0 spiro atoms. The van der Waals surface area contributed by atoms with Gasteiger partial charge in [0.05, 0.1) is 0 Å². The van der Waals surface area contributed by atoms with Gasteiger partial charge in [-0.1, -0.05) is 47.6 Å². The fourth-order valence-electron chi connectivity index (χ4n) is 2.78. The molecule has 0 saturated carbocycles. The number of aromatic hydroxyl groups is 1. The van der Waals surface area contributed by atoms with Crippen LogP contribution in [0.15, 0.2) is 30.3 Å². The Morgan fingerprint density at radius 2 is 1.26 bits per heavy atom. The average Bonchev–Trinajstić information content (AvgIpc) is 2.36. The van der Waals surface area contributed by atoms with Crippen LogP contribution in [0.2, 0.25) is 0 Å². The first kappa shape index (κ1) is 17.2. The Balaban J connectivity index is 2.79. The summed E-state index contributed by atoms with van der Waals surface area (Å²) in [5.74, 6) is 0.378.